The fourth-order valence-electron chi connectivity index (χ4n) is 3.38. The number of aryl methyl sites for hydroxylation is 1. The van der Waals surface area contributed by atoms with Crippen molar-refractivity contribution in [2.45, 2.75) is 28.4 Å². The summed E-state index contributed by atoms with van der Waals surface area (Å²) in [7, 11) is -2.00. The first kappa shape index (κ1) is 23.3. The van der Waals surface area contributed by atoms with Gasteiger partial charge in [0.15, 0.2) is 0 Å². The van der Waals surface area contributed by atoms with Gasteiger partial charge in [-0.2, -0.15) is 0 Å². The van der Waals surface area contributed by atoms with E-state index in [-0.39, 0.29) is 15.5 Å². The molecule has 0 saturated carbocycles. The van der Waals surface area contributed by atoms with Gasteiger partial charge in [-0.1, -0.05) is 30.0 Å². The topological polar surface area (TPSA) is 147 Å². The van der Waals surface area contributed by atoms with Gasteiger partial charge in [-0.3, -0.25) is 9.69 Å². The Bertz CT molecular complexity index is 1260. The summed E-state index contributed by atoms with van der Waals surface area (Å²) in [6.45, 7) is 1.45. The monoisotopic (exact) mass is 508 g/mol. The zero-order chi connectivity index (χ0) is 23.8. The minimum atomic E-state index is -3.69. The second-order valence-corrected chi connectivity index (χ2v) is 11.4. The van der Waals surface area contributed by atoms with E-state index >= 15 is 0 Å². The minimum absolute atomic E-state index is 0.0398. The number of aliphatic carboxylic acids is 1. The standard InChI is InChI=1S/C19H20N6O5S3/c1-11(33(29,30)13-6-4-3-5-7-13)8-20-14-16(26)25-15(18(27)28)12(9-31-17(14)25)10-32-19-21-22-23-24(19)2/h3-8,14,17,20H,9-10H2,1-2H3,(H,27,28)/b11-8+/t14-,17-/m1/s1. The van der Waals surface area contributed by atoms with E-state index in [4.69, 9.17) is 0 Å². The van der Waals surface area contributed by atoms with Gasteiger partial charge >= 0.3 is 5.97 Å². The Labute approximate surface area is 198 Å². The molecule has 2 N–H and O–H groups in total. The second-order valence-electron chi connectivity index (χ2n) is 7.26. The Morgan fingerprint density at radius 2 is 2.09 bits per heavy atom. The smallest absolute Gasteiger partial charge is 0.352 e. The summed E-state index contributed by atoms with van der Waals surface area (Å²) in [6.07, 6.45) is 1.30. The van der Waals surface area contributed by atoms with Gasteiger partial charge in [-0.15, -0.1) is 16.9 Å². The molecule has 174 valence electrons. The molecule has 1 aromatic heterocycles. The molecule has 0 spiro atoms. The van der Waals surface area contributed by atoms with Crippen LogP contribution in [0.1, 0.15) is 6.92 Å². The van der Waals surface area contributed by atoms with Crippen LogP contribution in [0.15, 0.2) is 62.8 Å². The highest BCUT2D eigenvalue weighted by atomic mass is 32.2. The molecule has 0 bridgehead atoms. The SMILES string of the molecule is C/C(=C\N[C@@H]1C(=O)N2C(C(=O)O)=C(CSc3nnnn3C)CS[C@H]12)S(=O)(=O)c1ccccc1. The van der Waals surface area contributed by atoms with Crippen LogP contribution in [0.5, 0.6) is 0 Å². The summed E-state index contributed by atoms with van der Waals surface area (Å²) in [5.41, 5.74) is 0.559. The number of carbonyl (C=O) groups is 2. The third-order valence-electron chi connectivity index (χ3n) is 5.15. The lowest BCUT2D eigenvalue weighted by Crippen LogP contribution is -2.69. The van der Waals surface area contributed by atoms with E-state index in [1.807, 2.05) is 0 Å². The summed E-state index contributed by atoms with van der Waals surface area (Å²) in [4.78, 5) is 26.2. The third kappa shape index (κ3) is 4.37. The summed E-state index contributed by atoms with van der Waals surface area (Å²) >= 11 is 2.71. The fraction of sp³-hybridized carbons (Fsp3) is 0.316. The van der Waals surface area contributed by atoms with Crippen LogP contribution in [0.2, 0.25) is 0 Å². The van der Waals surface area contributed by atoms with Crippen LogP contribution in [0, 0.1) is 0 Å². The summed E-state index contributed by atoms with van der Waals surface area (Å²) in [5, 5.41) is 23.9. The number of β-lactam (4-membered cyclic amide) rings is 1. The molecule has 2 aromatic rings. The number of nitrogens with zero attached hydrogens (tertiary/aromatic N) is 5. The Balaban J connectivity index is 1.48. The van der Waals surface area contributed by atoms with Crippen molar-refractivity contribution in [2.24, 2.45) is 7.05 Å². The lowest BCUT2D eigenvalue weighted by atomic mass is 10.0. The number of carboxylic acids is 1. The molecular weight excluding hydrogens is 488 g/mol. The Kier molecular flexibility index (Phi) is 6.50. The number of allylic oxidation sites excluding steroid dienone is 1. The van der Waals surface area contributed by atoms with Gasteiger partial charge in [-0.25, -0.2) is 17.9 Å². The number of aromatic nitrogens is 4. The fourth-order valence-corrected chi connectivity index (χ4v) is 6.84. The molecule has 3 heterocycles. The normalized spacial score (nSPS) is 21.0. The van der Waals surface area contributed by atoms with Crippen molar-refractivity contribution in [3.8, 4) is 0 Å². The molecule has 0 aliphatic carbocycles. The first-order valence-electron chi connectivity index (χ1n) is 9.70. The predicted molar refractivity (Wildman–Crippen MR) is 122 cm³/mol. The predicted octanol–water partition coefficient (Wildman–Crippen LogP) is 0.849. The number of carbonyl (C=O) groups excluding carboxylic acids is 1. The van der Waals surface area contributed by atoms with Crippen LogP contribution >= 0.6 is 23.5 Å². The van der Waals surface area contributed by atoms with Crippen LogP contribution in [0.4, 0.5) is 0 Å². The molecule has 11 nitrogen and oxygen atoms in total. The Hall–Kier alpha value is -2.84. The van der Waals surface area contributed by atoms with Gasteiger partial charge < -0.3 is 10.4 Å². The summed E-state index contributed by atoms with van der Waals surface area (Å²) < 4.78 is 26.8. The van der Waals surface area contributed by atoms with E-state index in [0.29, 0.717) is 22.2 Å². The van der Waals surface area contributed by atoms with E-state index in [1.165, 1.54) is 58.4 Å². The lowest BCUT2D eigenvalue weighted by Gasteiger charge is -2.49. The molecular formula is C19H20N6O5S3. The summed E-state index contributed by atoms with van der Waals surface area (Å²) in [5.74, 6) is -0.866. The second kappa shape index (κ2) is 9.19. The van der Waals surface area contributed by atoms with Crippen molar-refractivity contribution < 1.29 is 23.1 Å². The van der Waals surface area contributed by atoms with Crippen LogP contribution in [-0.2, 0) is 26.5 Å². The van der Waals surface area contributed by atoms with Crippen molar-refractivity contribution in [1.29, 1.82) is 0 Å². The average molecular weight is 509 g/mol. The zero-order valence-electron chi connectivity index (χ0n) is 17.6. The number of rotatable bonds is 8. The van der Waals surface area contributed by atoms with E-state index < -0.39 is 33.1 Å². The number of amides is 1. The highest BCUT2D eigenvalue weighted by Gasteiger charge is 2.53. The van der Waals surface area contributed by atoms with E-state index in [2.05, 4.69) is 20.8 Å². The third-order valence-corrected chi connectivity index (χ3v) is 9.45. The average Bonchev–Trinajstić information content (AvgIpc) is 3.22. The van der Waals surface area contributed by atoms with Crippen LogP contribution in [-0.4, -0.2) is 73.4 Å². The van der Waals surface area contributed by atoms with Crippen molar-refractivity contribution in [1.82, 2.24) is 30.4 Å². The van der Waals surface area contributed by atoms with Gasteiger partial charge in [0.1, 0.15) is 17.1 Å². The Morgan fingerprint density at radius 3 is 2.73 bits per heavy atom. The van der Waals surface area contributed by atoms with Crippen molar-refractivity contribution >= 4 is 45.2 Å². The van der Waals surface area contributed by atoms with Gasteiger partial charge in [0.05, 0.1) is 9.80 Å². The first-order valence-corrected chi connectivity index (χ1v) is 13.2. The molecule has 14 heteroatoms. The number of hydrogen-bond donors (Lipinski definition) is 2. The molecule has 1 amide bonds. The van der Waals surface area contributed by atoms with Gasteiger partial charge in [0.2, 0.25) is 15.0 Å². The number of carboxylic acid groups (broad SMARTS) is 1. The molecule has 0 unspecified atom stereocenters. The molecule has 1 fully saturated rings. The Morgan fingerprint density at radius 1 is 1.36 bits per heavy atom. The van der Waals surface area contributed by atoms with Crippen molar-refractivity contribution in [3.63, 3.8) is 0 Å². The lowest BCUT2D eigenvalue weighted by molar-refractivity contribution is -0.148. The van der Waals surface area contributed by atoms with Gasteiger partial charge in [0.25, 0.3) is 5.91 Å². The molecule has 0 radical (unpaired) electrons. The van der Waals surface area contributed by atoms with Gasteiger partial charge in [-0.05, 0) is 35.1 Å². The van der Waals surface area contributed by atoms with E-state index in [0.717, 1.165) is 0 Å². The molecule has 2 aliphatic rings. The van der Waals surface area contributed by atoms with E-state index in [9.17, 15) is 23.1 Å². The first-order chi connectivity index (χ1) is 15.7. The number of thioether (sulfide) groups is 2. The molecule has 1 aromatic carbocycles. The highest BCUT2D eigenvalue weighted by Crippen LogP contribution is 2.41. The van der Waals surface area contributed by atoms with Crippen LogP contribution in [0.3, 0.4) is 0 Å². The number of fused-ring (bicyclic) bond motifs is 1. The number of benzene rings is 1. The molecule has 4 rings (SSSR count). The van der Waals surface area contributed by atoms with E-state index in [1.54, 1.807) is 25.2 Å². The maximum absolute atomic E-state index is 12.8. The van der Waals surface area contributed by atoms with Crippen LogP contribution < -0.4 is 5.32 Å². The summed E-state index contributed by atoms with van der Waals surface area (Å²) in [6, 6.07) is 7.28. The maximum atomic E-state index is 12.8. The number of tetrazole rings is 1. The number of hydrogen-bond acceptors (Lipinski definition) is 10. The quantitative estimate of drug-likeness (QED) is 0.386. The molecule has 2 aliphatic heterocycles. The zero-order valence-corrected chi connectivity index (χ0v) is 20.0. The highest BCUT2D eigenvalue weighted by molar-refractivity contribution is 8.01. The molecule has 2 atom stereocenters. The van der Waals surface area contributed by atoms with Gasteiger partial charge in [0, 0.05) is 24.8 Å². The van der Waals surface area contributed by atoms with Crippen molar-refractivity contribution in [3.05, 3.63) is 52.7 Å². The largest absolute Gasteiger partial charge is 0.477 e. The molecule has 33 heavy (non-hydrogen) atoms. The number of nitrogens with one attached hydrogen (secondary N) is 1. The molecule has 1 saturated heterocycles. The number of sulfone groups is 1. The van der Waals surface area contributed by atoms with Crippen LogP contribution in [0.25, 0.3) is 0 Å². The van der Waals surface area contributed by atoms with Crippen molar-refractivity contribution in [2.75, 3.05) is 11.5 Å². The minimum Gasteiger partial charge on any atom is -0.477 e. The maximum Gasteiger partial charge on any atom is 0.352 e.